The number of rotatable bonds is 3. The Bertz CT molecular complexity index is 825. The highest BCUT2D eigenvalue weighted by Gasteiger charge is 2.01. The zero-order valence-corrected chi connectivity index (χ0v) is 12.7. The average Bonchev–Trinajstić information content (AvgIpc) is 2.79. The second kappa shape index (κ2) is 5.34. The maximum absolute atomic E-state index is 11.2. The SMILES string of the molecule is O=c1[nH]c2ccc(NCc3ccc(Cl)c(Br)c3)cc2[nH]1. The Morgan fingerprint density at radius 2 is 1.90 bits per heavy atom. The van der Waals surface area contributed by atoms with Crippen LogP contribution in [0.5, 0.6) is 0 Å². The van der Waals surface area contributed by atoms with Crippen molar-refractivity contribution in [1.29, 1.82) is 0 Å². The molecule has 3 rings (SSSR count). The van der Waals surface area contributed by atoms with Gasteiger partial charge in [0, 0.05) is 16.7 Å². The van der Waals surface area contributed by atoms with E-state index in [2.05, 4.69) is 31.2 Å². The Morgan fingerprint density at radius 3 is 2.70 bits per heavy atom. The monoisotopic (exact) mass is 351 g/mol. The van der Waals surface area contributed by atoms with E-state index in [9.17, 15) is 4.79 Å². The minimum absolute atomic E-state index is 0.196. The third-order valence-corrected chi connectivity index (χ3v) is 4.21. The van der Waals surface area contributed by atoms with Crippen molar-refractivity contribution in [2.45, 2.75) is 6.54 Å². The summed E-state index contributed by atoms with van der Waals surface area (Å²) < 4.78 is 0.879. The quantitative estimate of drug-likeness (QED) is 0.670. The number of H-pyrrole nitrogens is 2. The van der Waals surface area contributed by atoms with Gasteiger partial charge >= 0.3 is 5.69 Å². The number of benzene rings is 2. The summed E-state index contributed by atoms with van der Waals surface area (Å²) in [5, 5.41) is 4.00. The number of aromatic nitrogens is 2. The molecule has 0 aliphatic carbocycles. The van der Waals surface area contributed by atoms with Gasteiger partial charge in [-0.3, -0.25) is 0 Å². The molecule has 3 aromatic rings. The maximum Gasteiger partial charge on any atom is 0.323 e. The highest BCUT2D eigenvalue weighted by atomic mass is 79.9. The molecule has 0 aliphatic heterocycles. The van der Waals surface area contributed by atoms with E-state index >= 15 is 0 Å². The molecule has 0 unspecified atom stereocenters. The van der Waals surface area contributed by atoms with Crippen LogP contribution in [0.15, 0.2) is 45.7 Å². The predicted molar refractivity (Wildman–Crippen MR) is 85.4 cm³/mol. The number of aromatic amines is 2. The van der Waals surface area contributed by atoms with Crippen LogP contribution in [0.3, 0.4) is 0 Å². The minimum Gasteiger partial charge on any atom is -0.381 e. The number of halogens is 2. The summed E-state index contributed by atoms with van der Waals surface area (Å²) in [6, 6.07) is 11.5. The lowest BCUT2D eigenvalue weighted by molar-refractivity contribution is 1.15. The number of hydrogen-bond acceptors (Lipinski definition) is 2. The van der Waals surface area contributed by atoms with E-state index in [4.69, 9.17) is 11.6 Å². The van der Waals surface area contributed by atoms with Crippen LogP contribution in [0, 0.1) is 0 Å². The topological polar surface area (TPSA) is 60.7 Å². The predicted octanol–water partition coefficient (Wildman–Crippen LogP) is 3.88. The summed E-state index contributed by atoms with van der Waals surface area (Å²) in [4.78, 5) is 16.7. The molecule has 2 aromatic carbocycles. The molecule has 4 nitrogen and oxygen atoms in total. The molecule has 0 radical (unpaired) electrons. The molecule has 102 valence electrons. The molecule has 0 fully saturated rings. The molecular weight excluding hydrogens is 342 g/mol. The molecule has 1 heterocycles. The maximum atomic E-state index is 11.2. The van der Waals surface area contributed by atoms with Gasteiger partial charge in [-0.25, -0.2) is 4.79 Å². The zero-order valence-electron chi connectivity index (χ0n) is 10.3. The van der Waals surface area contributed by atoms with Crippen molar-refractivity contribution in [3.63, 3.8) is 0 Å². The molecule has 0 spiro atoms. The van der Waals surface area contributed by atoms with Crippen LogP contribution in [-0.4, -0.2) is 9.97 Å². The first-order valence-electron chi connectivity index (χ1n) is 6.02. The first-order chi connectivity index (χ1) is 9.61. The van der Waals surface area contributed by atoms with Crippen molar-refractivity contribution in [1.82, 2.24) is 9.97 Å². The number of nitrogens with one attached hydrogen (secondary N) is 3. The fourth-order valence-corrected chi connectivity index (χ4v) is 2.54. The van der Waals surface area contributed by atoms with Gasteiger partial charge in [-0.05, 0) is 51.8 Å². The van der Waals surface area contributed by atoms with E-state index in [1.807, 2.05) is 36.4 Å². The molecule has 0 bridgehead atoms. The molecule has 1 aromatic heterocycles. The lowest BCUT2D eigenvalue weighted by Gasteiger charge is -2.07. The van der Waals surface area contributed by atoms with Gasteiger partial charge in [0.25, 0.3) is 0 Å². The molecule has 0 aliphatic rings. The van der Waals surface area contributed by atoms with Crippen LogP contribution in [0.1, 0.15) is 5.56 Å². The van der Waals surface area contributed by atoms with E-state index in [0.29, 0.717) is 11.6 Å². The van der Waals surface area contributed by atoms with Crippen molar-refractivity contribution in [3.05, 3.63) is 61.9 Å². The van der Waals surface area contributed by atoms with Crippen LogP contribution < -0.4 is 11.0 Å². The average molecular weight is 353 g/mol. The van der Waals surface area contributed by atoms with Crippen LogP contribution in [0.2, 0.25) is 5.02 Å². The third kappa shape index (κ3) is 2.73. The van der Waals surface area contributed by atoms with Gasteiger partial charge in [-0.15, -0.1) is 0 Å². The van der Waals surface area contributed by atoms with E-state index in [-0.39, 0.29) is 5.69 Å². The van der Waals surface area contributed by atoms with E-state index in [1.54, 1.807) is 0 Å². The van der Waals surface area contributed by atoms with Gasteiger partial charge in [0.15, 0.2) is 0 Å². The first kappa shape index (κ1) is 13.3. The van der Waals surface area contributed by atoms with Gasteiger partial charge in [0.1, 0.15) is 0 Å². The van der Waals surface area contributed by atoms with E-state index in [1.165, 1.54) is 0 Å². The number of fused-ring (bicyclic) bond motifs is 1. The largest absolute Gasteiger partial charge is 0.381 e. The standard InChI is InChI=1S/C14H11BrClN3O/c15-10-5-8(1-3-11(10)16)7-17-9-2-4-12-13(6-9)19-14(20)18-12/h1-6,17H,7H2,(H2,18,19,20). The lowest BCUT2D eigenvalue weighted by atomic mass is 10.2. The van der Waals surface area contributed by atoms with Crippen LogP contribution in [0.4, 0.5) is 5.69 Å². The second-order valence-electron chi connectivity index (χ2n) is 4.44. The van der Waals surface area contributed by atoms with Crippen LogP contribution in [-0.2, 0) is 6.54 Å². The molecule has 0 saturated carbocycles. The highest BCUT2D eigenvalue weighted by molar-refractivity contribution is 9.10. The lowest BCUT2D eigenvalue weighted by Crippen LogP contribution is -1.99. The molecule has 0 atom stereocenters. The third-order valence-electron chi connectivity index (χ3n) is 3.00. The van der Waals surface area contributed by atoms with Gasteiger partial charge in [-0.2, -0.15) is 0 Å². The Balaban J connectivity index is 1.78. The molecule has 20 heavy (non-hydrogen) atoms. The second-order valence-corrected chi connectivity index (χ2v) is 5.70. The molecule has 0 amide bonds. The minimum atomic E-state index is -0.196. The summed E-state index contributed by atoms with van der Waals surface area (Å²) >= 11 is 9.37. The van der Waals surface area contributed by atoms with Crippen LogP contribution in [0.25, 0.3) is 11.0 Å². The first-order valence-corrected chi connectivity index (χ1v) is 7.19. The molecule has 6 heteroatoms. The van der Waals surface area contributed by atoms with Crippen molar-refractivity contribution in [3.8, 4) is 0 Å². The summed E-state index contributed by atoms with van der Waals surface area (Å²) in [6.45, 7) is 0.677. The van der Waals surface area contributed by atoms with E-state index in [0.717, 1.165) is 26.8 Å². The number of anilines is 1. The summed E-state index contributed by atoms with van der Waals surface area (Å²) in [5.74, 6) is 0. The summed E-state index contributed by atoms with van der Waals surface area (Å²) in [7, 11) is 0. The number of hydrogen-bond donors (Lipinski definition) is 3. The van der Waals surface area contributed by atoms with Crippen molar-refractivity contribution < 1.29 is 0 Å². The fraction of sp³-hybridized carbons (Fsp3) is 0.0714. The Hall–Kier alpha value is -1.72. The van der Waals surface area contributed by atoms with Gasteiger partial charge in [0.2, 0.25) is 0 Å². The van der Waals surface area contributed by atoms with Gasteiger partial charge in [-0.1, -0.05) is 17.7 Å². The van der Waals surface area contributed by atoms with Gasteiger partial charge in [0.05, 0.1) is 16.1 Å². The molecule has 0 saturated heterocycles. The molecular formula is C14H11BrClN3O. The Labute approximate surface area is 128 Å². The normalized spacial score (nSPS) is 10.9. The van der Waals surface area contributed by atoms with E-state index < -0.39 is 0 Å². The smallest absolute Gasteiger partial charge is 0.323 e. The Morgan fingerprint density at radius 1 is 1.10 bits per heavy atom. The van der Waals surface area contributed by atoms with Gasteiger partial charge < -0.3 is 15.3 Å². The summed E-state index contributed by atoms with van der Waals surface area (Å²) in [6.07, 6.45) is 0. The molecule has 3 N–H and O–H groups in total. The van der Waals surface area contributed by atoms with Crippen molar-refractivity contribution >= 4 is 44.3 Å². The van der Waals surface area contributed by atoms with Crippen molar-refractivity contribution in [2.75, 3.05) is 5.32 Å². The summed E-state index contributed by atoms with van der Waals surface area (Å²) in [5.41, 5.74) is 3.45. The Kier molecular flexibility index (Phi) is 3.54. The highest BCUT2D eigenvalue weighted by Crippen LogP contribution is 2.24. The zero-order chi connectivity index (χ0) is 14.1. The fourth-order valence-electron chi connectivity index (χ4n) is 2.00. The number of imidazole rings is 1. The van der Waals surface area contributed by atoms with Crippen molar-refractivity contribution in [2.24, 2.45) is 0 Å². The van der Waals surface area contributed by atoms with Crippen LogP contribution >= 0.6 is 27.5 Å².